The van der Waals surface area contributed by atoms with E-state index in [0.717, 1.165) is 16.9 Å². The van der Waals surface area contributed by atoms with Gasteiger partial charge in [0, 0.05) is 23.8 Å². The van der Waals surface area contributed by atoms with E-state index in [0.29, 0.717) is 5.92 Å². The fraction of sp³-hybridized carbons (Fsp3) is 0.357. The van der Waals surface area contributed by atoms with Crippen molar-refractivity contribution in [2.45, 2.75) is 26.7 Å². The lowest BCUT2D eigenvalue weighted by Crippen LogP contribution is -1.95. The number of fused-ring (bicyclic) bond motifs is 1. The first-order valence-corrected chi connectivity index (χ1v) is 5.71. The van der Waals surface area contributed by atoms with Crippen LogP contribution in [-0.4, -0.2) is 12.0 Å². The van der Waals surface area contributed by atoms with Gasteiger partial charge in [-0.15, -0.1) is 0 Å². The Labute approximate surface area is 96.7 Å². The normalized spacial score (nSPS) is 11.1. The van der Waals surface area contributed by atoms with E-state index in [1.54, 1.807) is 0 Å². The third-order valence-corrected chi connectivity index (χ3v) is 2.90. The van der Waals surface area contributed by atoms with Crippen molar-refractivity contribution in [3.63, 3.8) is 0 Å². The van der Waals surface area contributed by atoms with E-state index >= 15 is 0 Å². The maximum atomic E-state index is 4.54. The van der Waals surface area contributed by atoms with Crippen LogP contribution in [0.2, 0.25) is 0 Å². The topological polar surface area (TPSA) is 24.9 Å². The van der Waals surface area contributed by atoms with Crippen LogP contribution in [0.3, 0.4) is 0 Å². The number of aromatic nitrogens is 1. The number of rotatable bonds is 2. The highest BCUT2D eigenvalue weighted by atomic mass is 14.8. The molecule has 16 heavy (non-hydrogen) atoms. The Kier molecular flexibility index (Phi) is 2.82. The summed E-state index contributed by atoms with van der Waals surface area (Å²) in [6.45, 7) is 6.44. The SMILES string of the molecule is CNc1cc(C)nc2ccc(C(C)C)cc12. The molecule has 2 nitrogen and oxygen atoms in total. The third kappa shape index (κ3) is 1.87. The molecule has 84 valence electrons. The number of hydrogen-bond donors (Lipinski definition) is 1. The number of benzene rings is 1. The van der Waals surface area contributed by atoms with Crippen molar-refractivity contribution in [2.75, 3.05) is 12.4 Å². The summed E-state index contributed by atoms with van der Waals surface area (Å²) in [5, 5.41) is 4.44. The van der Waals surface area contributed by atoms with Crippen LogP contribution < -0.4 is 5.32 Å². The molecule has 1 heterocycles. The van der Waals surface area contributed by atoms with Crippen molar-refractivity contribution in [3.05, 3.63) is 35.5 Å². The van der Waals surface area contributed by atoms with E-state index in [2.05, 4.69) is 48.4 Å². The van der Waals surface area contributed by atoms with E-state index in [1.807, 2.05) is 14.0 Å². The molecule has 0 aliphatic carbocycles. The molecule has 0 saturated carbocycles. The lowest BCUT2D eigenvalue weighted by Gasteiger charge is -2.10. The third-order valence-electron chi connectivity index (χ3n) is 2.90. The van der Waals surface area contributed by atoms with Crippen LogP contribution in [0.5, 0.6) is 0 Å². The minimum absolute atomic E-state index is 0.551. The molecule has 0 fully saturated rings. The number of pyridine rings is 1. The molecule has 0 bridgehead atoms. The molecule has 1 aromatic heterocycles. The van der Waals surface area contributed by atoms with Crippen molar-refractivity contribution >= 4 is 16.6 Å². The first kappa shape index (κ1) is 10.9. The summed E-state index contributed by atoms with van der Waals surface area (Å²) < 4.78 is 0. The first-order valence-electron chi connectivity index (χ1n) is 5.71. The fourth-order valence-corrected chi connectivity index (χ4v) is 1.94. The number of nitrogens with zero attached hydrogens (tertiary/aromatic N) is 1. The van der Waals surface area contributed by atoms with Gasteiger partial charge in [0.1, 0.15) is 0 Å². The van der Waals surface area contributed by atoms with Crippen molar-refractivity contribution in [1.29, 1.82) is 0 Å². The molecular formula is C14H18N2. The lowest BCUT2D eigenvalue weighted by molar-refractivity contribution is 0.868. The number of aryl methyl sites for hydroxylation is 1. The van der Waals surface area contributed by atoms with Gasteiger partial charge in [0.15, 0.2) is 0 Å². The molecule has 0 aliphatic rings. The van der Waals surface area contributed by atoms with E-state index < -0.39 is 0 Å². The number of nitrogens with one attached hydrogen (secondary N) is 1. The molecule has 0 spiro atoms. The Morgan fingerprint density at radius 2 is 1.94 bits per heavy atom. The van der Waals surface area contributed by atoms with Crippen LogP contribution in [0.15, 0.2) is 24.3 Å². The van der Waals surface area contributed by atoms with Crippen molar-refractivity contribution < 1.29 is 0 Å². The zero-order valence-electron chi connectivity index (χ0n) is 10.3. The minimum atomic E-state index is 0.551. The van der Waals surface area contributed by atoms with Gasteiger partial charge < -0.3 is 5.32 Å². The summed E-state index contributed by atoms with van der Waals surface area (Å²) in [4.78, 5) is 4.54. The Hall–Kier alpha value is -1.57. The van der Waals surface area contributed by atoms with Gasteiger partial charge in [-0.2, -0.15) is 0 Å². The van der Waals surface area contributed by atoms with E-state index in [1.165, 1.54) is 10.9 Å². The average molecular weight is 214 g/mol. The molecule has 2 heteroatoms. The molecule has 0 atom stereocenters. The first-order chi connectivity index (χ1) is 7.61. The Balaban J connectivity index is 2.71. The zero-order chi connectivity index (χ0) is 11.7. The highest BCUT2D eigenvalue weighted by Crippen LogP contribution is 2.26. The van der Waals surface area contributed by atoms with Crippen LogP contribution in [-0.2, 0) is 0 Å². The zero-order valence-corrected chi connectivity index (χ0v) is 10.3. The summed E-state index contributed by atoms with van der Waals surface area (Å²) >= 11 is 0. The van der Waals surface area contributed by atoms with Crippen molar-refractivity contribution in [3.8, 4) is 0 Å². The van der Waals surface area contributed by atoms with E-state index in [-0.39, 0.29) is 0 Å². The molecular weight excluding hydrogens is 196 g/mol. The van der Waals surface area contributed by atoms with Gasteiger partial charge in [-0.05, 0) is 36.6 Å². The number of hydrogen-bond acceptors (Lipinski definition) is 2. The minimum Gasteiger partial charge on any atom is -0.388 e. The van der Waals surface area contributed by atoms with Crippen LogP contribution in [0.4, 0.5) is 5.69 Å². The molecule has 2 aromatic rings. The second kappa shape index (κ2) is 4.12. The molecule has 1 aromatic carbocycles. The Bertz CT molecular complexity index is 515. The van der Waals surface area contributed by atoms with Crippen LogP contribution in [0.1, 0.15) is 31.0 Å². The van der Waals surface area contributed by atoms with Crippen molar-refractivity contribution in [2.24, 2.45) is 0 Å². The van der Waals surface area contributed by atoms with Crippen LogP contribution in [0.25, 0.3) is 10.9 Å². The average Bonchev–Trinajstić information content (AvgIpc) is 2.27. The highest BCUT2D eigenvalue weighted by Gasteiger charge is 2.05. The van der Waals surface area contributed by atoms with Gasteiger partial charge in [0.05, 0.1) is 5.52 Å². The molecule has 2 rings (SSSR count). The maximum absolute atomic E-state index is 4.54. The predicted molar refractivity (Wildman–Crippen MR) is 70.1 cm³/mol. The van der Waals surface area contributed by atoms with Gasteiger partial charge >= 0.3 is 0 Å². The largest absolute Gasteiger partial charge is 0.388 e. The van der Waals surface area contributed by atoms with Gasteiger partial charge in [-0.3, -0.25) is 4.98 Å². The fourth-order valence-electron chi connectivity index (χ4n) is 1.94. The molecule has 0 amide bonds. The Morgan fingerprint density at radius 3 is 2.56 bits per heavy atom. The molecule has 0 aliphatic heterocycles. The monoisotopic (exact) mass is 214 g/mol. The second-order valence-electron chi connectivity index (χ2n) is 4.49. The molecule has 1 N–H and O–H groups in total. The predicted octanol–water partition coefficient (Wildman–Crippen LogP) is 3.71. The summed E-state index contributed by atoms with van der Waals surface area (Å²) in [5.41, 5.74) is 4.63. The standard InChI is InChI=1S/C14H18N2/c1-9(2)11-5-6-13-12(8-11)14(15-4)7-10(3)16-13/h5-9H,1-4H3,(H,15,16). The highest BCUT2D eigenvalue weighted by molar-refractivity contribution is 5.91. The summed E-state index contributed by atoms with van der Waals surface area (Å²) in [5.74, 6) is 0.551. The molecule has 0 radical (unpaired) electrons. The van der Waals surface area contributed by atoms with E-state index in [4.69, 9.17) is 0 Å². The number of anilines is 1. The van der Waals surface area contributed by atoms with Gasteiger partial charge in [-0.25, -0.2) is 0 Å². The summed E-state index contributed by atoms with van der Waals surface area (Å²) in [7, 11) is 1.95. The van der Waals surface area contributed by atoms with Gasteiger partial charge in [0.25, 0.3) is 0 Å². The van der Waals surface area contributed by atoms with Gasteiger partial charge in [-0.1, -0.05) is 19.9 Å². The summed E-state index contributed by atoms with van der Waals surface area (Å²) in [6, 6.07) is 8.60. The maximum Gasteiger partial charge on any atom is 0.0726 e. The van der Waals surface area contributed by atoms with Crippen LogP contribution in [0, 0.1) is 6.92 Å². The molecule has 0 unspecified atom stereocenters. The Morgan fingerprint density at radius 1 is 1.19 bits per heavy atom. The van der Waals surface area contributed by atoms with Gasteiger partial charge in [0.2, 0.25) is 0 Å². The quantitative estimate of drug-likeness (QED) is 0.824. The van der Waals surface area contributed by atoms with Crippen molar-refractivity contribution in [1.82, 2.24) is 4.98 Å². The van der Waals surface area contributed by atoms with Crippen LogP contribution >= 0.6 is 0 Å². The lowest BCUT2D eigenvalue weighted by atomic mass is 10.0. The summed E-state index contributed by atoms with van der Waals surface area (Å²) in [6.07, 6.45) is 0. The van der Waals surface area contributed by atoms with E-state index in [9.17, 15) is 0 Å². The second-order valence-corrected chi connectivity index (χ2v) is 4.49. The smallest absolute Gasteiger partial charge is 0.0726 e. The molecule has 0 saturated heterocycles.